The third-order valence-corrected chi connectivity index (χ3v) is 2.80. The molecule has 0 spiro atoms. The molecule has 0 saturated heterocycles. The summed E-state index contributed by atoms with van der Waals surface area (Å²) in [5.74, 6) is -2.67. The molecule has 0 amide bonds. The number of carboxylic acid groups (broad SMARTS) is 2. The van der Waals surface area contributed by atoms with Crippen LogP contribution in [-0.4, -0.2) is 33.6 Å². The molecule has 0 unspecified atom stereocenters. The van der Waals surface area contributed by atoms with Crippen molar-refractivity contribution in [3.05, 3.63) is 53.9 Å². The maximum atomic E-state index is 9.10. The molecule has 0 saturated carbocycles. The number of ether oxygens (including phenoxy) is 1. The molecule has 2 aliphatic heterocycles. The van der Waals surface area contributed by atoms with Gasteiger partial charge in [0.15, 0.2) is 0 Å². The number of hydrogen-bond acceptors (Lipinski definition) is 4. The first-order valence-electron chi connectivity index (χ1n) is 5.90. The number of benzene rings is 1. The van der Waals surface area contributed by atoms with E-state index in [0.29, 0.717) is 0 Å². The van der Waals surface area contributed by atoms with Crippen molar-refractivity contribution in [3.63, 3.8) is 0 Å². The molecule has 1 aromatic rings. The number of nitrogens with zero attached hydrogens (tertiary/aromatic N) is 1. The van der Waals surface area contributed by atoms with Gasteiger partial charge in [-0.3, -0.25) is 0 Å². The molecule has 6 nitrogen and oxygen atoms in total. The zero-order chi connectivity index (χ0) is 14.5. The molecule has 104 valence electrons. The Labute approximate surface area is 115 Å². The summed E-state index contributed by atoms with van der Waals surface area (Å²) in [6.45, 7) is 1.93. The summed E-state index contributed by atoms with van der Waals surface area (Å²) in [6.07, 6.45) is 6.09. The van der Waals surface area contributed by atoms with E-state index in [1.807, 2.05) is 18.4 Å². The van der Waals surface area contributed by atoms with E-state index in [2.05, 4.69) is 29.2 Å². The van der Waals surface area contributed by atoms with Crippen LogP contribution < -0.4 is 4.74 Å². The average molecular weight is 275 g/mol. The highest BCUT2D eigenvalue weighted by atomic mass is 16.5. The van der Waals surface area contributed by atoms with Crippen LogP contribution in [0.3, 0.4) is 0 Å². The number of hydrogen-bond donors (Lipinski definition) is 2. The molecule has 0 atom stereocenters. The van der Waals surface area contributed by atoms with Crippen molar-refractivity contribution in [2.45, 2.75) is 6.54 Å². The highest BCUT2D eigenvalue weighted by Gasteiger charge is 2.17. The van der Waals surface area contributed by atoms with E-state index in [-0.39, 0.29) is 0 Å². The number of fused-ring (bicyclic) bond motifs is 2. The van der Waals surface area contributed by atoms with Gasteiger partial charge in [-0.1, -0.05) is 24.3 Å². The molecule has 2 N–H and O–H groups in total. The lowest BCUT2D eigenvalue weighted by Gasteiger charge is -2.17. The fraction of sp³-hybridized carbons (Fsp3) is 0.143. The molecule has 6 heteroatoms. The highest BCUT2D eigenvalue weighted by Crippen LogP contribution is 2.27. The normalized spacial score (nSPS) is 14.8. The highest BCUT2D eigenvalue weighted by molar-refractivity contribution is 6.27. The van der Waals surface area contributed by atoms with E-state index >= 15 is 0 Å². The van der Waals surface area contributed by atoms with Gasteiger partial charge in [-0.25, -0.2) is 9.59 Å². The zero-order valence-electron chi connectivity index (χ0n) is 10.5. The van der Waals surface area contributed by atoms with E-state index in [1.54, 1.807) is 0 Å². The minimum Gasteiger partial charge on any atom is -0.473 e. The van der Waals surface area contributed by atoms with Crippen molar-refractivity contribution in [2.75, 3.05) is 6.54 Å². The van der Waals surface area contributed by atoms with Crippen molar-refractivity contribution in [1.82, 2.24) is 4.90 Å². The predicted molar refractivity (Wildman–Crippen MR) is 70.0 cm³/mol. The van der Waals surface area contributed by atoms with E-state index in [4.69, 9.17) is 24.5 Å². The molecule has 0 fully saturated rings. The van der Waals surface area contributed by atoms with Crippen molar-refractivity contribution in [2.24, 2.45) is 0 Å². The second kappa shape index (κ2) is 5.92. The Bertz CT molecular complexity index is 579. The lowest BCUT2D eigenvalue weighted by Crippen LogP contribution is -2.16. The van der Waals surface area contributed by atoms with Crippen LogP contribution in [0, 0.1) is 0 Å². The Morgan fingerprint density at radius 3 is 2.55 bits per heavy atom. The van der Waals surface area contributed by atoms with Crippen molar-refractivity contribution in [1.29, 1.82) is 0 Å². The average Bonchev–Trinajstić information content (AvgIpc) is 2.78. The Balaban J connectivity index is 0.000000212. The van der Waals surface area contributed by atoms with Crippen molar-refractivity contribution >= 4 is 11.9 Å². The summed E-state index contributed by atoms with van der Waals surface area (Å²) < 4.78 is 5.61. The maximum absolute atomic E-state index is 9.10. The first-order chi connectivity index (χ1) is 9.58. The van der Waals surface area contributed by atoms with E-state index < -0.39 is 11.9 Å². The standard InChI is InChI=1S/C12H11NO.C2H2O4/c1-2-6-12-10(4-1)8-13-7-3-5-11(13)9-14-12;3-1(4)2(5)6/h1-6,9H,7-8H2;(H,3,4)(H,5,6). The molecule has 2 heterocycles. The van der Waals surface area contributed by atoms with Gasteiger partial charge in [-0.05, 0) is 12.1 Å². The SMILES string of the molecule is C1=CC2=COc3ccccc3CN2C1.O=C(O)C(=O)O. The first-order valence-corrected chi connectivity index (χ1v) is 5.90. The number of para-hydroxylation sites is 1. The van der Waals surface area contributed by atoms with E-state index in [0.717, 1.165) is 18.8 Å². The summed E-state index contributed by atoms with van der Waals surface area (Å²) in [5, 5.41) is 14.8. The summed E-state index contributed by atoms with van der Waals surface area (Å²) in [4.78, 5) is 20.5. The molecule has 0 radical (unpaired) electrons. The lowest BCUT2D eigenvalue weighted by atomic mass is 10.2. The number of rotatable bonds is 0. The molecule has 1 aromatic carbocycles. The topological polar surface area (TPSA) is 87.1 Å². The lowest BCUT2D eigenvalue weighted by molar-refractivity contribution is -0.159. The van der Waals surface area contributed by atoms with Gasteiger partial charge in [-0.15, -0.1) is 0 Å². The molecular weight excluding hydrogens is 262 g/mol. The maximum Gasteiger partial charge on any atom is 0.414 e. The van der Waals surface area contributed by atoms with Gasteiger partial charge in [0.2, 0.25) is 0 Å². The van der Waals surface area contributed by atoms with E-state index in [1.165, 1.54) is 11.3 Å². The van der Waals surface area contributed by atoms with Crippen molar-refractivity contribution < 1.29 is 24.5 Å². The number of aliphatic carboxylic acids is 2. The monoisotopic (exact) mass is 275 g/mol. The van der Waals surface area contributed by atoms with Gasteiger partial charge in [-0.2, -0.15) is 0 Å². The van der Waals surface area contributed by atoms with Crippen LogP contribution in [0.1, 0.15) is 5.56 Å². The van der Waals surface area contributed by atoms with Gasteiger partial charge in [0, 0.05) is 18.7 Å². The van der Waals surface area contributed by atoms with Crippen LogP contribution in [0.4, 0.5) is 0 Å². The summed E-state index contributed by atoms with van der Waals surface area (Å²) >= 11 is 0. The molecule has 0 bridgehead atoms. The summed E-state index contributed by atoms with van der Waals surface area (Å²) in [5.41, 5.74) is 2.42. The van der Waals surface area contributed by atoms with E-state index in [9.17, 15) is 0 Å². The van der Waals surface area contributed by atoms with Crippen LogP contribution >= 0.6 is 0 Å². The molecule has 3 rings (SSSR count). The van der Waals surface area contributed by atoms with Crippen LogP contribution in [0.25, 0.3) is 0 Å². The minimum atomic E-state index is -1.82. The third kappa shape index (κ3) is 3.17. The number of allylic oxidation sites excluding steroid dienone is 1. The molecule has 2 aliphatic rings. The molecular formula is C14H13NO5. The second-order valence-electron chi connectivity index (χ2n) is 4.16. The quantitative estimate of drug-likeness (QED) is 0.697. The largest absolute Gasteiger partial charge is 0.473 e. The number of carboxylic acids is 2. The smallest absolute Gasteiger partial charge is 0.414 e. The predicted octanol–water partition coefficient (Wildman–Crippen LogP) is 1.45. The van der Waals surface area contributed by atoms with Gasteiger partial charge in [0.25, 0.3) is 0 Å². The van der Waals surface area contributed by atoms with Crippen LogP contribution in [0.15, 0.2) is 48.4 Å². The zero-order valence-corrected chi connectivity index (χ0v) is 10.5. The fourth-order valence-corrected chi connectivity index (χ4v) is 1.86. The van der Waals surface area contributed by atoms with Crippen LogP contribution in [0.2, 0.25) is 0 Å². The minimum absolute atomic E-state index is 0.939. The Morgan fingerprint density at radius 2 is 1.85 bits per heavy atom. The molecule has 0 aliphatic carbocycles. The van der Waals surface area contributed by atoms with Gasteiger partial charge in [0.05, 0.1) is 5.70 Å². The Morgan fingerprint density at radius 1 is 1.15 bits per heavy atom. The second-order valence-corrected chi connectivity index (χ2v) is 4.16. The Hall–Kier alpha value is -2.76. The molecule has 20 heavy (non-hydrogen) atoms. The fourth-order valence-electron chi connectivity index (χ4n) is 1.86. The summed E-state index contributed by atoms with van der Waals surface area (Å²) in [6, 6.07) is 8.18. The van der Waals surface area contributed by atoms with Crippen LogP contribution in [0.5, 0.6) is 5.75 Å². The van der Waals surface area contributed by atoms with Crippen molar-refractivity contribution in [3.8, 4) is 5.75 Å². The Kier molecular flexibility index (Phi) is 4.05. The van der Waals surface area contributed by atoms with Crippen LogP contribution in [-0.2, 0) is 16.1 Å². The number of carbonyl (C=O) groups is 2. The summed E-state index contributed by atoms with van der Waals surface area (Å²) in [7, 11) is 0. The third-order valence-electron chi connectivity index (χ3n) is 2.80. The molecule has 0 aromatic heterocycles. The van der Waals surface area contributed by atoms with Gasteiger partial charge in [0.1, 0.15) is 12.0 Å². The van der Waals surface area contributed by atoms with Gasteiger partial charge < -0.3 is 19.8 Å². The van der Waals surface area contributed by atoms with Gasteiger partial charge >= 0.3 is 11.9 Å². The first kappa shape index (κ1) is 13.7.